The van der Waals surface area contributed by atoms with Gasteiger partial charge in [0.15, 0.2) is 11.6 Å². The lowest BCUT2D eigenvalue weighted by Crippen LogP contribution is -2.47. The Bertz CT molecular complexity index is 1100. The van der Waals surface area contributed by atoms with Crippen LogP contribution in [0, 0.1) is 5.82 Å². The summed E-state index contributed by atoms with van der Waals surface area (Å²) in [5.41, 5.74) is 4.25. The largest absolute Gasteiger partial charge is 0.444 e. The molecular weight excluding hydrogens is 471 g/mol. The van der Waals surface area contributed by atoms with Gasteiger partial charge in [-0.3, -0.25) is 0 Å². The van der Waals surface area contributed by atoms with E-state index in [4.69, 9.17) is 15.2 Å². The highest BCUT2D eigenvalue weighted by Gasteiger charge is 2.42. The fraction of sp³-hybridized carbons (Fsp3) is 0.609. The predicted molar refractivity (Wildman–Crippen MR) is 131 cm³/mol. The molecule has 2 fully saturated rings. The average molecular weight is 505 g/mol. The molecule has 36 heavy (non-hydrogen) atoms. The number of carbonyl (C=O) groups excluding carboxylic acids is 1. The van der Waals surface area contributed by atoms with Crippen molar-refractivity contribution in [2.24, 2.45) is 0 Å². The number of rotatable bonds is 5. The van der Waals surface area contributed by atoms with Gasteiger partial charge in [-0.1, -0.05) is 0 Å². The number of likely N-dealkylation sites (tertiary alicyclic amines) is 1. The van der Waals surface area contributed by atoms with Crippen LogP contribution in [-0.4, -0.2) is 92.7 Å². The molecule has 2 aromatic rings. The van der Waals surface area contributed by atoms with Gasteiger partial charge in [0.1, 0.15) is 11.3 Å². The number of nitrogens with zero attached hydrogens (tertiary/aromatic N) is 6. The quantitative estimate of drug-likeness (QED) is 0.545. The molecule has 2 aromatic heterocycles. The number of hydrogen-bond donors (Lipinski definition) is 3. The number of amides is 1. The van der Waals surface area contributed by atoms with Crippen LogP contribution < -0.4 is 16.0 Å². The third-order valence-corrected chi connectivity index (χ3v) is 6.10. The number of nitrogens with two attached hydrogens (primary N) is 1. The fourth-order valence-corrected chi connectivity index (χ4v) is 4.20. The first-order chi connectivity index (χ1) is 17.0. The zero-order valence-corrected chi connectivity index (χ0v) is 21.0. The summed E-state index contributed by atoms with van der Waals surface area (Å²) in [6.45, 7) is 8.92. The van der Waals surface area contributed by atoms with Crippen LogP contribution in [0.4, 0.5) is 26.9 Å². The molecule has 4 heterocycles. The SMILES string of the molecule is C[C@H]1COCCN1c1nc(N[C@@]2(CO)CCN(C(=O)OC(C)(C)C)C2)c(F)c(-c2cnc(N)nc2)n1. The Kier molecular flexibility index (Phi) is 7.14. The lowest BCUT2D eigenvalue weighted by atomic mass is 10.00. The summed E-state index contributed by atoms with van der Waals surface area (Å²) in [7, 11) is 0. The zero-order chi connectivity index (χ0) is 26.1. The third kappa shape index (κ3) is 5.57. The van der Waals surface area contributed by atoms with E-state index in [1.54, 1.807) is 20.8 Å². The first kappa shape index (κ1) is 25.8. The first-order valence-corrected chi connectivity index (χ1v) is 11.9. The van der Waals surface area contributed by atoms with Crippen LogP contribution in [0.15, 0.2) is 12.4 Å². The van der Waals surface area contributed by atoms with E-state index in [1.165, 1.54) is 17.3 Å². The lowest BCUT2D eigenvalue weighted by Gasteiger charge is -2.34. The molecular formula is C23H33FN8O4. The minimum atomic E-state index is -1.02. The molecule has 0 bridgehead atoms. The van der Waals surface area contributed by atoms with Gasteiger partial charge in [0.05, 0.1) is 31.4 Å². The summed E-state index contributed by atoms with van der Waals surface area (Å²) in [5, 5.41) is 13.4. The van der Waals surface area contributed by atoms with E-state index < -0.39 is 23.1 Å². The van der Waals surface area contributed by atoms with Gasteiger partial charge in [0.25, 0.3) is 0 Å². The molecule has 13 heteroatoms. The highest BCUT2D eigenvalue weighted by Crippen LogP contribution is 2.33. The molecule has 0 spiro atoms. The summed E-state index contributed by atoms with van der Waals surface area (Å²) in [5.74, 6) is -0.459. The second-order valence-corrected chi connectivity index (χ2v) is 10.2. The molecule has 4 N–H and O–H groups in total. The normalized spacial score (nSPS) is 22.6. The number of ether oxygens (including phenoxy) is 2. The van der Waals surface area contributed by atoms with E-state index in [2.05, 4.69) is 25.3 Å². The van der Waals surface area contributed by atoms with Crippen molar-refractivity contribution in [1.29, 1.82) is 0 Å². The maximum Gasteiger partial charge on any atom is 0.410 e. The maximum atomic E-state index is 15.8. The number of aromatic nitrogens is 4. The molecule has 1 amide bonds. The topological polar surface area (TPSA) is 152 Å². The van der Waals surface area contributed by atoms with Crippen LogP contribution in [-0.2, 0) is 9.47 Å². The van der Waals surface area contributed by atoms with Crippen LogP contribution in [0.5, 0.6) is 0 Å². The molecule has 2 aliphatic heterocycles. The van der Waals surface area contributed by atoms with Gasteiger partial charge in [0.2, 0.25) is 11.9 Å². The Morgan fingerprint density at radius 3 is 2.69 bits per heavy atom. The number of nitrogen functional groups attached to an aromatic ring is 1. The maximum absolute atomic E-state index is 15.8. The molecule has 2 aliphatic rings. The first-order valence-electron chi connectivity index (χ1n) is 11.9. The number of carbonyl (C=O) groups is 1. The van der Waals surface area contributed by atoms with Gasteiger partial charge >= 0.3 is 6.09 Å². The number of anilines is 3. The van der Waals surface area contributed by atoms with E-state index in [0.717, 1.165) is 0 Å². The fourth-order valence-electron chi connectivity index (χ4n) is 4.20. The van der Waals surface area contributed by atoms with Crippen LogP contribution in [0.3, 0.4) is 0 Å². The van der Waals surface area contributed by atoms with Crippen molar-refractivity contribution in [2.45, 2.75) is 51.3 Å². The second-order valence-electron chi connectivity index (χ2n) is 10.2. The molecule has 12 nitrogen and oxygen atoms in total. The highest BCUT2D eigenvalue weighted by molar-refractivity contribution is 5.69. The molecule has 196 valence electrons. The van der Waals surface area contributed by atoms with Crippen LogP contribution in [0.25, 0.3) is 11.3 Å². The predicted octanol–water partition coefficient (Wildman–Crippen LogP) is 1.66. The van der Waals surface area contributed by atoms with Gasteiger partial charge in [0, 0.05) is 37.6 Å². The zero-order valence-electron chi connectivity index (χ0n) is 21.0. The summed E-state index contributed by atoms with van der Waals surface area (Å²) in [6, 6.07) is -0.0338. The van der Waals surface area contributed by atoms with Gasteiger partial charge < -0.3 is 35.4 Å². The number of halogens is 1. The van der Waals surface area contributed by atoms with Crippen molar-refractivity contribution < 1.29 is 23.8 Å². The summed E-state index contributed by atoms with van der Waals surface area (Å²) >= 11 is 0. The minimum Gasteiger partial charge on any atom is -0.444 e. The number of aliphatic hydroxyl groups excluding tert-OH is 1. The van der Waals surface area contributed by atoms with E-state index >= 15 is 4.39 Å². The number of hydrogen-bond acceptors (Lipinski definition) is 11. The van der Waals surface area contributed by atoms with Crippen molar-refractivity contribution in [2.75, 3.05) is 55.4 Å². The molecule has 0 saturated carbocycles. The molecule has 0 aromatic carbocycles. The molecule has 2 atom stereocenters. The second kappa shape index (κ2) is 9.97. The summed E-state index contributed by atoms with van der Waals surface area (Å²) in [4.78, 5) is 32.9. The van der Waals surface area contributed by atoms with Gasteiger partial charge in [-0.25, -0.2) is 24.1 Å². The van der Waals surface area contributed by atoms with Crippen LogP contribution in [0.2, 0.25) is 0 Å². The third-order valence-electron chi connectivity index (χ3n) is 6.10. The Balaban J connectivity index is 1.69. The van der Waals surface area contributed by atoms with Crippen LogP contribution in [0.1, 0.15) is 34.1 Å². The summed E-state index contributed by atoms with van der Waals surface area (Å²) < 4.78 is 26.8. The van der Waals surface area contributed by atoms with Crippen molar-refractivity contribution >= 4 is 23.8 Å². The summed E-state index contributed by atoms with van der Waals surface area (Å²) in [6.07, 6.45) is 2.66. The van der Waals surface area contributed by atoms with Crippen LogP contribution >= 0.6 is 0 Å². The van der Waals surface area contributed by atoms with E-state index in [-0.39, 0.29) is 36.7 Å². The minimum absolute atomic E-state index is 0.00345. The molecule has 0 radical (unpaired) electrons. The smallest absolute Gasteiger partial charge is 0.410 e. The molecule has 2 saturated heterocycles. The van der Waals surface area contributed by atoms with Crippen molar-refractivity contribution in [3.63, 3.8) is 0 Å². The van der Waals surface area contributed by atoms with Crippen molar-refractivity contribution in [3.05, 3.63) is 18.2 Å². The molecule has 0 unspecified atom stereocenters. The number of aliphatic hydroxyl groups is 1. The standard InChI is InChI=1S/C23H33FN8O4/c1-14-11-35-8-7-32(14)20-28-17(15-9-26-19(25)27-10-15)16(24)18(29-20)30-23(13-33)5-6-31(12-23)21(34)36-22(2,3)4/h9-10,14,33H,5-8,11-13H2,1-4H3,(H2,25,26,27)(H,28,29,30)/t14-,23-/m0/s1. The number of morpholine rings is 1. The Hall–Kier alpha value is -3.32. The number of nitrogens with one attached hydrogen (secondary N) is 1. The van der Waals surface area contributed by atoms with E-state index in [0.29, 0.717) is 44.2 Å². The Morgan fingerprint density at radius 1 is 1.33 bits per heavy atom. The Labute approximate surface area is 209 Å². The monoisotopic (exact) mass is 504 g/mol. The van der Waals surface area contributed by atoms with Gasteiger partial charge in [-0.15, -0.1) is 0 Å². The molecule has 0 aliphatic carbocycles. The van der Waals surface area contributed by atoms with Gasteiger partial charge in [-0.05, 0) is 34.1 Å². The lowest BCUT2D eigenvalue weighted by molar-refractivity contribution is 0.0281. The van der Waals surface area contributed by atoms with E-state index in [9.17, 15) is 9.90 Å². The molecule has 4 rings (SSSR count). The Morgan fingerprint density at radius 2 is 2.06 bits per heavy atom. The average Bonchev–Trinajstić information content (AvgIpc) is 3.25. The van der Waals surface area contributed by atoms with Crippen molar-refractivity contribution in [1.82, 2.24) is 24.8 Å². The highest BCUT2D eigenvalue weighted by atomic mass is 19.1. The van der Waals surface area contributed by atoms with Gasteiger partial charge in [-0.2, -0.15) is 4.98 Å². The van der Waals surface area contributed by atoms with E-state index in [1.807, 2.05) is 11.8 Å². The van der Waals surface area contributed by atoms with Crippen molar-refractivity contribution in [3.8, 4) is 11.3 Å².